The Labute approximate surface area is 110 Å². The number of thiazole rings is 2. The van der Waals surface area contributed by atoms with Gasteiger partial charge in [-0.15, -0.1) is 22.7 Å². The average molecular weight is 267 g/mol. The van der Waals surface area contributed by atoms with E-state index in [4.69, 9.17) is 0 Å². The van der Waals surface area contributed by atoms with Gasteiger partial charge >= 0.3 is 0 Å². The fraction of sp³-hybridized carbons (Fsp3) is 0.500. The molecule has 17 heavy (non-hydrogen) atoms. The first-order chi connectivity index (χ1) is 8.20. The lowest BCUT2D eigenvalue weighted by Crippen LogP contribution is -2.24. The van der Waals surface area contributed by atoms with Crippen LogP contribution in [0.4, 0.5) is 0 Å². The third-order valence-electron chi connectivity index (χ3n) is 2.69. The van der Waals surface area contributed by atoms with Gasteiger partial charge in [0.25, 0.3) is 0 Å². The Morgan fingerprint density at radius 2 is 2.24 bits per heavy atom. The van der Waals surface area contributed by atoms with Crippen LogP contribution in [0.25, 0.3) is 0 Å². The van der Waals surface area contributed by atoms with Crippen LogP contribution in [0.2, 0.25) is 0 Å². The van der Waals surface area contributed by atoms with Gasteiger partial charge in [0.2, 0.25) is 0 Å². The highest BCUT2D eigenvalue weighted by atomic mass is 32.1. The first-order valence-electron chi connectivity index (χ1n) is 5.78. The zero-order valence-electron chi connectivity index (χ0n) is 10.3. The molecule has 3 nitrogen and oxygen atoms in total. The van der Waals surface area contributed by atoms with E-state index >= 15 is 0 Å². The molecule has 0 aromatic carbocycles. The van der Waals surface area contributed by atoms with E-state index in [1.807, 2.05) is 18.5 Å². The van der Waals surface area contributed by atoms with Gasteiger partial charge in [-0.2, -0.15) is 0 Å². The SMILES string of the molecule is CCC(NC(C)c1csc(C)n1)c1nccs1. The molecule has 0 bridgehead atoms. The van der Waals surface area contributed by atoms with Crippen LogP contribution in [0.1, 0.15) is 48.1 Å². The minimum absolute atomic E-state index is 0.272. The summed E-state index contributed by atoms with van der Waals surface area (Å²) in [6.45, 7) is 6.38. The minimum Gasteiger partial charge on any atom is -0.300 e. The molecule has 92 valence electrons. The summed E-state index contributed by atoms with van der Waals surface area (Å²) in [5.74, 6) is 0. The summed E-state index contributed by atoms with van der Waals surface area (Å²) >= 11 is 3.41. The van der Waals surface area contributed by atoms with Crippen molar-refractivity contribution < 1.29 is 0 Å². The lowest BCUT2D eigenvalue weighted by Gasteiger charge is -2.19. The molecule has 2 unspecified atom stereocenters. The Hall–Kier alpha value is -0.780. The van der Waals surface area contributed by atoms with Crippen LogP contribution in [0.5, 0.6) is 0 Å². The lowest BCUT2D eigenvalue weighted by molar-refractivity contribution is 0.449. The molecule has 0 spiro atoms. The standard InChI is InChI=1S/C12H17N3S2/c1-4-10(12-13-5-6-16-12)14-8(2)11-7-17-9(3)15-11/h5-8,10,14H,4H2,1-3H3. The molecule has 2 aromatic heterocycles. The minimum atomic E-state index is 0.272. The monoisotopic (exact) mass is 267 g/mol. The number of aryl methyl sites for hydroxylation is 1. The van der Waals surface area contributed by atoms with Crippen LogP contribution < -0.4 is 5.32 Å². The van der Waals surface area contributed by atoms with Crippen LogP contribution in [-0.4, -0.2) is 9.97 Å². The molecule has 0 aliphatic heterocycles. The number of nitrogens with zero attached hydrogens (tertiary/aromatic N) is 2. The van der Waals surface area contributed by atoms with E-state index in [0.717, 1.165) is 22.1 Å². The first kappa shape index (κ1) is 12.7. The summed E-state index contributed by atoms with van der Waals surface area (Å²) in [4.78, 5) is 8.90. The number of rotatable bonds is 5. The number of aromatic nitrogens is 2. The second-order valence-corrected chi connectivity index (χ2v) is 6.00. The zero-order chi connectivity index (χ0) is 12.3. The van der Waals surface area contributed by atoms with E-state index in [-0.39, 0.29) is 6.04 Å². The van der Waals surface area contributed by atoms with Gasteiger partial charge in [0.15, 0.2) is 0 Å². The molecule has 2 rings (SSSR count). The van der Waals surface area contributed by atoms with Crippen molar-refractivity contribution >= 4 is 22.7 Å². The smallest absolute Gasteiger partial charge is 0.109 e. The van der Waals surface area contributed by atoms with Crippen LogP contribution in [0.3, 0.4) is 0 Å². The summed E-state index contributed by atoms with van der Waals surface area (Å²) in [6.07, 6.45) is 2.91. The Balaban J connectivity index is 2.04. The first-order valence-corrected chi connectivity index (χ1v) is 7.54. The van der Waals surface area contributed by atoms with E-state index in [2.05, 4.69) is 34.5 Å². The third kappa shape index (κ3) is 3.12. The molecule has 2 heterocycles. The molecular weight excluding hydrogens is 250 g/mol. The predicted molar refractivity (Wildman–Crippen MR) is 73.5 cm³/mol. The second-order valence-electron chi connectivity index (χ2n) is 4.01. The highest BCUT2D eigenvalue weighted by Crippen LogP contribution is 2.24. The summed E-state index contributed by atoms with van der Waals surface area (Å²) in [5.41, 5.74) is 1.13. The Morgan fingerprint density at radius 3 is 2.76 bits per heavy atom. The van der Waals surface area contributed by atoms with Gasteiger partial charge in [-0.3, -0.25) is 5.32 Å². The summed E-state index contributed by atoms with van der Waals surface area (Å²) in [6, 6.07) is 0.598. The van der Waals surface area contributed by atoms with Crippen molar-refractivity contribution in [2.75, 3.05) is 0 Å². The van der Waals surface area contributed by atoms with Crippen LogP contribution in [-0.2, 0) is 0 Å². The Kier molecular flexibility index (Phi) is 4.25. The highest BCUT2D eigenvalue weighted by Gasteiger charge is 2.17. The van der Waals surface area contributed by atoms with Gasteiger partial charge in [-0.05, 0) is 20.3 Å². The normalized spacial score (nSPS) is 14.8. The maximum Gasteiger partial charge on any atom is 0.109 e. The average Bonchev–Trinajstić information content (AvgIpc) is 2.96. The Bertz CT molecular complexity index is 450. The van der Waals surface area contributed by atoms with Crippen molar-refractivity contribution in [1.29, 1.82) is 0 Å². The van der Waals surface area contributed by atoms with Crippen molar-refractivity contribution in [2.45, 2.75) is 39.3 Å². The van der Waals surface area contributed by atoms with E-state index in [1.165, 1.54) is 0 Å². The molecule has 2 atom stereocenters. The lowest BCUT2D eigenvalue weighted by atomic mass is 10.2. The summed E-state index contributed by atoms with van der Waals surface area (Å²) in [7, 11) is 0. The van der Waals surface area contributed by atoms with E-state index in [9.17, 15) is 0 Å². The van der Waals surface area contributed by atoms with Crippen molar-refractivity contribution in [3.05, 3.63) is 32.7 Å². The van der Waals surface area contributed by atoms with Gasteiger partial charge in [-0.1, -0.05) is 6.92 Å². The maximum atomic E-state index is 4.52. The highest BCUT2D eigenvalue weighted by molar-refractivity contribution is 7.09. The predicted octanol–water partition coefficient (Wildman–Crippen LogP) is 3.71. The van der Waals surface area contributed by atoms with Gasteiger partial charge in [0.05, 0.1) is 16.7 Å². The molecule has 1 N–H and O–H groups in total. The van der Waals surface area contributed by atoms with Crippen molar-refractivity contribution in [3.63, 3.8) is 0 Å². The molecule has 0 amide bonds. The van der Waals surface area contributed by atoms with Crippen LogP contribution in [0, 0.1) is 6.92 Å². The van der Waals surface area contributed by atoms with Crippen LogP contribution in [0.15, 0.2) is 17.0 Å². The molecule has 0 aliphatic carbocycles. The molecule has 5 heteroatoms. The molecular formula is C12H17N3S2. The summed E-state index contributed by atoms with van der Waals surface area (Å²) < 4.78 is 0. The maximum absolute atomic E-state index is 4.52. The molecule has 0 aliphatic rings. The van der Waals surface area contributed by atoms with E-state index in [0.29, 0.717) is 6.04 Å². The molecule has 0 fully saturated rings. The van der Waals surface area contributed by atoms with E-state index in [1.54, 1.807) is 22.7 Å². The number of hydrogen-bond acceptors (Lipinski definition) is 5. The zero-order valence-corrected chi connectivity index (χ0v) is 11.9. The molecule has 2 aromatic rings. The molecule has 0 radical (unpaired) electrons. The third-order valence-corrected chi connectivity index (χ3v) is 4.37. The van der Waals surface area contributed by atoms with Gasteiger partial charge in [0.1, 0.15) is 5.01 Å². The second kappa shape index (κ2) is 5.71. The number of nitrogens with one attached hydrogen (secondary N) is 1. The van der Waals surface area contributed by atoms with Gasteiger partial charge < -0.3 is 0 Å². The summed E-state index contributed by atoms with van der Waals surface area (Å²) in [5, 5.41) is 10.0. The molecule has 0 saturated carbocycles. The van der Waals surface area contributed by atoms with Crippen molar-refractivity contribution in [2.24, 2.45) is 0 Å². The topological polar surface area (TPSA) is 37.8 Å². The van der Waals surface area contributed by atoms with Gasteiger partial charge in [-0.25, -0.2) is 9.97 Å². The van der Waals surface area contributed by atoms with E-state index < -0.39 is 0 Å². The Morgan fingerprint density at radius 1 is 1.41 bits per heavy atom. The molecule has 0 saturated heterocycles. The fourth-order valence-corrected chi connectivity index (χ4v) is 3.22. The van der Waals surface area contributed by atoms with Crippen molar-refractivity contribution in [3.8, 4) is 0 Å². The van der Waals surface area contributed by atoms with Crippen LogP contribution >= 0.6 is 22.7 Å². The largest absolute Gasteiger partial charge is 0.300 e. The van der Waals surface area contributed by atoms with Crippen molar-refractivity contribution in [1.82, 2.24) is 15.3 Å². The van der Waals surface area contributed by atoms with Gasteiger partial charge in [0, 0.05) is 23.0 Å². The fourth-order valence-electron chi connectivity index (χ4n) is 1.74. The number of hydrogen-bond donors (Lipinski definition) is 1. The quantitative estimate of drug-likeness (QED) is 0.897.